The van der Waals surface area contributed by atoms with E-state index in [4.69, 9.17) is 11.6 Å². The molecule has 0 radical (unpaired) electrons. The fourth-order valence-electron chi connectivity index (χ4n) is 2.50. The van der Waals surface area contributed by atoms with E-state index in [1.165, 1.54) is 18.5 Å². The quantitative estimate of drug-likeness (QED) is 0.821. The van der Waals surface area contributed by atoms with Gasteiger partial charge in [-0.25, -0.2) is 0 Å². The van der Waals surface area contributed by atoms with Gasteiger partial charge in [0.05, 0.1) is 0 Å². The van der Waals surface area contributed by atoms with Crippen LogP contribution in [0.1, 0.15) is 25.3 Å². The van der Waals surface area contributed by atoms with Crippen LogP contribution in [-0.2, 0) is 0 Å². The van der Waals surface area contributed by atoms with Gasteiger partial charge in [0.2, 0.25) is 0 Å². The van der Waals surface area contributed by atoms with Crippen LogP contribution in [0.3, 0.4) is 0 Å². The smallest absolute Gasteiger partial charge is 0.0455 e. The van der Waals surface area contributed by atoms with Crippen LogP contribution in [0.5, 0.6) is 0 Å². The lowest BCUT2D eigenvalue weighted by Crippen LogP contribution is -2.26. The highest BCUT2D eigenvalue weighted by Crippen LogP contribution is 2.27. The van der Waals surface area contributed by atoms with E-state index in [0.717, 1.165) is 42.7 Å². The summed E-state index contributed by atoms with van der Waals surface area (Å²) in [5.74, 6) is 0.775. The van der Waals surface area contributed by atoms with Crippen LogP contribution in [0, 0.1) is 12.8 Å². The van der Waals surface area contributed by atoms with Gasteiger partial charge in [0, 0.05) is 23.8 Å². The minimum atomic E-state index is 0.775. The molecule has 1 aliphatic heterocycles. The Morgan fingerprint density at radius 2 is 2.28 bits per heavy atom. The van der Waals surface area contributed by atoms with Gasteiger partial charge >= 0.3 is 0 Å². The second-order valence-corrected chi connectivity index (χ2v) is 5.65. The molecule has 1 unspecified atom stereocenters. The lowest BCUT2D eigenvalue weighted by atomic mass is 10.1. The largest absolute Gasteiger partial charge is 0.371 e. The molecule has 1 heterocycles. The van der Waals surface area contributed by atoms with E-state index >= 15 is 0 Å². The average Bonchev–Trinajstić information content (AvgIpc) is 2.82. The molecule has 18 heavy (non-hydrogen) atoms. The Morgan fingerprint density at radius 3 is 3.00 bits per heavy atom. The molecule has 1 aromatic rings. The topological polar surface area (TPSA) is 15.3 Å². The van der Waals surface area contributed by atoms with Gasteiger partial charge in [0.1, 0.15) is 0 Å². The highest BCUT2D eigenvalue weighted by molar-refractivity contribution is 6.31. The number of hydrogen-bond donors (Lipinski definition) is 1. The SMILES string of the molecule is CCCNCC1CCN(c2ccc(C)c(Cl)c2)C1. The highest BCUT2D eigenvalue weighted by Gasteiger charge is 2.22. The molecule has 0 saturated carbocycles. The summed E-state index contributed by atoms with van der Waals surface area (Å²) in [5, 5.41) is 4.39. The molecule has 100 valence electrons. The summed E-state index contributed by atoms with van der Waals surface area (Å²) in [6.45, 7) is 8.83. The van der Waals surface area contributed by atoms with Crippen molar-refractivity contribution in [1.29, 1.82) is 0 Å². The third kappa shape index (κ3) is 3.39. The molecule has 0 aromatic heterocycles. The van der Waals surface area contributed by atoms with Crippen molar-refractivity contribution < 1.29 is 0 Å². The predicted molar refractivity (Wildman–Crippen MR) is 79.7 cm³/mol. The molecule has 1 aliphatic rings. The van der Waals surface area contributed by atoms with E-state index in [1.807, 2.05) is 6.92 Å². The summed E-state index contributed by atoms with van der Waals surface area (Å²) in [4.78, 5) is 2.45. The van der Waals surface area contributed by atoms with Crippen LogP contribution in [-0.4, -0.2) is 26.2 Å². The van der Waals surface area contributed by atoms with Gasteiger partial charge in [0.15, 0.2) is 0 Å². The number of anilines is 1. The van der Waals surface area contributed by atoms with Crippen molar-refractivity contribution in [3.8, 4) is 0 Å². The highest BCUT2D eigenvalue weighted by atomic mass is 35.5. The van der Waals surface area contributed by atoms with Crippen LogP contribution in [0.15, 0.2) is 18.2 Å². The molecule has 1 atom stereocenters. The lowest BCUT2D eigenvalue weighted by molar-refractivity contribution is 0.516. The number of aryl methyl sites for hydroxylation is 1. The number of benzene rings is 1. The van der Waals surface area contributed by atoms with Crippen molar-refractivity contribution >= 4 is 17.3 Å². The van der Waals surface area contributed by atoms with Gasteiger partial charge in [-0.15, -0.1) is 0 Å². The maximum absolute atomic E-state index is 6.19. The zero-order valence-electron chi connectivity index (χ0n) is 11.4. The van der Waals surface area contributed by atoms with Crippen LogP contribution >= 0.6 is 11.6 Å². The van der Waals surface area contributed by atoms with E-state index < -0.39 is 0 Å². The van der Waals surface area contributed by atoms with E-state index in [2.05, 4.69) is 35.3 Å². The number of nitrogens with one attached hydrogen (secondary N) is 1. The van der Waals surface area contributed by atoms with Crippen LogP contribution in [0.2, 0.25) is 5.02 Å². The first-order chi connectivity index (χ1) is 8.70. The number of rotatable bonds is 5. The molecular weight excluding hydrogens is 244 g/mol. The van der Waals surface area contributed by atoms with Crippen LogP contribution in [0.25, 0.3) is 0 Å². The number of hydrogen-bond acceptors (Lipinski definition) is 2. The standard InChI is InChI=1S/C15H23ClN2/c1-3-7-17-10-13-6-8-18(11-13)14-5-4-12(2)15(16)9-14/h4-5,9,13,17H,3,6-8,10-11H2,1-2H3. The molecule has 2 nitrogen and oxygen atoms in total. The van der Waals surface area contributed by atoms with Crippen molar-refractivity contribution in [2.45, 2.75) is 26.7 Å². The molecule has 0 spiro atoms. The van der Waals surface area contributed by atoms with Gasteiger partial charge in [-0.3, -0.25) is 0 Å². The van der Waals surface area contributed by atoms with E-state index in [1.54, 1.807) is 0 Å². The van der Waals surface area contributed by atoms with E-state index in [9.17, 15) is 0 Å². The fourth-order valence-corrected chi connectivity index (χ4v) is 2.67. The van der Waals surface area contributed by atoms with Crippen molar-refractivity contribution in [2.24, 2.45) is 5.92 Å². The molecule has 0 bridgehead atoms. The van der Waals surface area contributed by atoms with Crippen molar-refractivity contribution in [3.05, 3.63) is 28.8 Å². The summed E-state index contributed by atoms with van der Waals surface area (Å²) < 4.78 is 0. The molecule has 1 aromatic carbocycles. The van der Waals surface area contributed by atoms with E-state index in [0.29, 0.717) is 0 Å². The minimum absolute atomic E-state index is 0.775. The molecule has 3 heteroatoms. The third-order valence-electron chi connectivity index (χ3n) is 3.67. The maximum Gasteiger partial charge on any atom is 0.0455 e. The van der Waals surface area contributed by atoms with Gasteiger partial charge in [-0.2, -0.15) is 0 Å². The first-order valence-corrected chi connectivity index (χ1v) is 7.30. The Balaban J connectivity index is 1.89. The van der Waals surface area contributed by atoms with Crippen LogP contribution in [0.4, 0.5) is 5.69 Å². The molecule has 2 rings (SSSR count). The van der Waals surface area contributed by atoms with Crippen molar-refractivity contribution in [2.75, 3.05) is 31.1 Å². The monoisotopic (exact) mass is 266 g/mol. The Labute approximate surface area is 115 Å². The van der Waals surface area contributed by atoms with Crippen molar-refractivity contribution in [3.63, 3.8) is 0 Å². The zero-order valence-corrected chi connectivity index (χ0v) is 12.1. The molecular formula is C15H23ClN2. The Morgan fingerprint density at radius 1 is 1.44 bits per heavy atom. The third-order valence-corrected chi connectivity index (χ3v) is 4.07. The first kappa shape index (κ1) is 13.7. The Bertz CT molecular complexity index is 392. The summed E-state index contributed by atoms with van der Waals surface area (Å²) in [5.41, 5.74) is 2.42. The second kappa shape index (κ2) is 6.44. The normalized spacial score (nSPS) is 19.5. The molecule has 0 amide bonds. The van der Waals surface area contributed by atoms with Gasteiger partial charge in [0.25, 0.3) is 0 Å². The van der Waals surface area contributed by atoms with Gasteiger partial charge in [-0.05, 0) is 56.5 Å². The summed E-state index contributed by atoms with van der Waals surface area (Å²) >= 11 is 6.19. The molecule has 1 fully saturated rings. The summed E-state index contributed by atoms with van der Waals surface area (Å²) in [6.07, 6.45) is 2.49. The second-order valence-electron chi connectivity index (χ2n) is 5.24. The molecule has 1 saturated heterocycles. The summed E-state index contributed by atoms with van der Waals surface area (Å²) in [7, 11) is 0. The average molecular weight is 267 g/mol. The predicted octanol–water partition coefficient (Wildman–Crippen LogP) is 3.47. The Kier molecular flexibility index (Phi) is 4.90. The van der Waals surface area contributed by atoms with Crippen LogP contribution < -0.4 is 10.2 Å². The maximum atomic E-state index is 6.19. The number of halogens is 1. The number of nitrogens with zero attached hydrogens (tertiary/aromatic N) is 1. The van der Waals surface area contributed by atoms with Gasteiger partial charge in [-0.1, -0.05) is 24.6 Å². The Hall–Kier alpha value is -0.730. The first-order valence-electron chi connectivity index (χ1n) is 6.92. The summed E-state index contributed by atoms with van der Waals surface area (Å²) in [6, 6.07) is 6.39. The minimum Gasteiger partial charge on any atom is -0.371 e. The van der Waals surface area contributed by atoms with Crippen molar-refractivity contribution in [1.82, 2.24) is 5.32 Å². The molecule has 0 aliphatic carbocycles. The van der Waals surface area contributed by atoms with Gasteiger partial charge < -0.3 is 10.2 Å². The van der Waals surface area contributed by atoms with E-state index in [-0.39, 0.29) is 0 Å². The molecule has 1 N–H and O–H groups in total. The zero-order chi connectivity index (χ0) is 13.0. The lowest BCUT2D eigenvalue weighted by Gasteiger charge is -2.19. The fraction of sp³-hybridized carbons (Fsp3) is 0.600.